The summed E-state index contributed by atoms with van der Waals surface area (Å²) in [7, 11) is 3.48. The lowest BCUT2D eigenvalue weighted by atomic mass is 10.1. The minimum Gasteiger partial charge on any atom is -0.337 e. The molecule has 0 aromatic heterocycles. The molecule has 0 fully saturated rings. The molecule has 106 valence electrons. The second-order valence-corrected chi connectivity index (χ2v) is 5.01. The molecule has 1 unspecified atom stereocenters. The molecule has 0 radical (unpaired) electrons. The number of benzene rings is 1. The van der Waals surface area contributed by atoms with Crippen LogP contribution in [0.5, 0.6) is 0 Å². The van der Waals surface area contributed by atoms with Crippen molar-refractivity contribution < 1.29 is 4.79 Å². The smallest absolute Gasteiger partial charge is 0.316 e. The highest BCUT2D eigenvalue weighted by atomic mass is 16.2. The fourth-order valence-electron chi connectivity index (χ4n) is 1.78. The highest BCUT2D eigenvalue weighted by molar-refractivity contribution is 5.73. The van der Waals surface area contributed by atoms with Gasteiger partial charge >= 0.3 is 6.03 Å². The SMILES string of the molecule is CC(CCc1ccccc1)NCCNC(=O)N(C)C. The Morgan fingerprint density at radius 2 is 1.89 bits per heavy atom. The van der Waals surface area contributed by atoms with E-state index in [2.05, 4.69) is 41.8 Å². The van der Waals surface area contributed by atoms with E-state index in [0.29, 0.717) is 12.6 Å². The molecule has 2 amide bonds. The first-order valence-corrected chi connectivity index (χ1v) is 6.82. The number of rotatable bonds is 7. The monoisotopic (exact) mass is 263 g/mol. The van der Waals surface area contributed by atoms with Crippen LogP contribution in [0.2, 0.25) is 0 Å². The van der Waals surface area contributed by atoms with E-state index in [-0.39, 0.29) is 6.03 Å². The van der Waals surface area contributed by atoms with Crippen LogP contribution in [-0.2, 0) is 6.42 Å². The molecule has 1 aromatic rings. The summed E-state index contributed by atoms with van der Waals surface area (Å²) in [5, 5.41) is 6.25. The Morgan fingerprint density at radius 1 is 1.21 bits per heavy atom. The zero-order valence-corrected chi connectivity index (χ0v) is 12.1. The summed E-state index contributed by atoms with van der Waals surface area (Å²) in [6.45, 7) is 3.64. The summed E-state index contributed by atoms with van der Waals surface area (Å²) in [6, 6.07) is 10.9. The number of urea groups is 1. The Labute approximate surface area is 116 Å². The molecule has 0 heterocycles. The van der Waals surface area contributed by atoms with E-state index in [4.69, 9.17) is 0 Å². The summed E-state index contributed by atoms with van der Waals surface area (Å²) in [5.74, 6) is 0. The Hall–Kier alpha value is -1.55. The largest absolute Gasteiger partial charge is 0.337 e. The predicted octanol–water partition coefficient (Wildman–Crippen LogP) is 1.87. The molecule has 0 saturated heterocycles. The number of nitrogens with zero attached hydrogens (tertiary/aromatic N) is 1. The van der Waals surface area contributed by atoms with E-state index in [1.165, 1.54) is 5.56 Å². The molecular formula is C15H25N3O. The highest BCUT2D eigenvalue weighted by Gasteiger charge is 2.03. The van der Waals surface area contributed by atoms with Crippen LogP contribution in [0.25, 0.3) is 0 Å². The first kappa shape index (κ1) is 15.5. The van der Waals surface area contributed by atoms with Gasteiger partial charge in [-0.1, -0.05) is 30.3 Å². The molecule has 2 N–H and O–H groups in total. The molecule has 0 aliphatic carbocycles. The van der Waals surface area contributed by atoms with Crippen LogP contribution in [0.3, 0.4) is 0 Å². The van der Waals surface area contributed by atoms with E-state index in [1.54, 1.807) is 19.0 Å². The van der Waals surface area contributed by atoms with Crippen molar-refractivity contribution in [3.63, 3.8) is 0 Å². The van der Waals surface area contributed by atoms with E-state index < -0.39 is 0 Å². The third kappa shape index (κ3) is 6.82. The zero-order valence-electron chi connectivity index (χ0n) is 12.1. The Kier molecular flexibility index (Phi) is 6.97. The third-order valence-corrected chi connectivity index (χ3v) is 3.01. The van der Waals surface area contributed by atoms with Crippen molar-refractivity contribution in [2.24, 2.45) is 0 Å². The van der Waals surface area contributed by atoms with Crippen molar-refractivity contribution in [3.8, 4) is 0 Å². The summed E-state index contributed by atoms with van der Waals surface area (Å²) in [4.78, 5) is 12.8. The van der Waals surface area contributed by atoms with Gasteiger partial charge in [-0.3, -0.25) is 0 Å². The van der Waals surface area contributed by atoms with E-state index in [1.807, 2.05) is 6.07 Å². The maximum atomic E-state index is 11.3. The molecule has 1 aromatic carbocycles. The van der Waals surface area contributed by atoms with Gasteiger partial charge in [0.2, 0.25) is 0 Å². The van der Waals surface area contributed by atoms with Crippen LogP contribution in [-0.4, -0.2) is 44.2 Å². The third-order valence-electron chi connectivity index (χ3n) is 3.01. The average Bonchev–Trinajstić information content (AvgIpc) is 2.42. The molecule has 0 spiro atoms. The number of hydrogen-bond donors (Lipinski definition) is 2. The lowest BCUT2D eigenvalue weighted by molar-refractivity contribution is 0.217. The lowest BCUT2D eigenvalue weighted by Gasteiger charge is -2.15. The van der Waals surface area contributed by atoms with Crippen LogP contribution >= 0.6 is 0 Å². The van der Waals surface area contributed by atoms with Crippen LogP contribution < -0.4 is 10.6 Å². The molecule has 1 atom stereocenters. The first-order valence-electron chi connectivity index (χ1n) is 6.82. The maximum absolute atomic E-state index is 11.3. The van der Waals surface area contributed by atoms with Crippen LogP contribution in [0.15, 0.2) is 30.3 Å². The number of nitrogens with one attached hydrogen (secondary N) is 2. The van der Waals surface area contributed by atoms with Crippen LogP contribution in [0.4, 0.5) is 4.79 Å². The van der Waals surface area contributed by atoms with Gasteiger partial charge in [-0.15, -0.1) is 0 Å². The van der Waals surface area contributed by atoms with Crippen molar-refractivity contribution in [2.45, 2.75) is 25.8 Å². The summed E-state index contributed by atoms with van der Waals surface area (Å²) >= 11 is 0. The second-order valence-electron chi connectivity index (χ2n) is 5.01. The van der Waals surface area contributed by atoms with Gasteiger partial charge in [-0.25, -0.2) is 4.79 Å². The van der Waals surface area contributed by atoms with Gasteiger partial charge in [0.15, 0.2) is 0 Å². The van der Waals surface area contributed by atoms with Gasteiger partial charge in [0.05, 0.1) is 0 Å². The Bertz CT molecular complexity index is 365. The molecule has 0 aliphatic heterocycles. The molecule has 0 bridgehead atoms. The van der Waals surface area contributed by atoms with Crippen molar-refractivity contribution in [1.29, 1.82) is 0 Å². The maximum Gasteiger partial charge on any atom is 0.316 e. The van der Waals surface area contributed by atoms with E-state index >= 15 is 0 Å². The fraction of sp³-hybridized carbons (Fsp3) is 0.533. The number of aryl methyl sites for hydroxylation is 1. The average molecular weight is 263 g/mol. The molecule has 19 heavy (non-hydrogen) atoms. The van der Waals surface area contributed by atoms with Gasteiger partial charge in [0.25, 0.3) is 0 Å². The molecule has 4 heteroatoms. The number of carbonyl (C=O) groups excluding carboxylic acids is 1. The summed E-state index contributed by atoms with van der Waals surface area (Å²) < 4.78 is 0. The number of hydrogen-bond acceptors (Lipinski definition) is 2. The standard InChI is InChI=1S/C15H25N3O/c1-13(9-10-14-7-5-4-6-8-14)16-11-12-17-15(19)18(2)3/h4-8,13,16H,9-12H2,1-3H3,(H,17,19). The fourth-order valence-corrected chi connectivity index (χ4v) is 1.78. The number of amides is 2. The van der Waals surface area contributed by atoms with Crippen molar-refractivity contribution in [1.82, 2.24) is 15.5 Å². The number of carbonyl (C=O) groups is 1. The van der Waals surface area contributed by atoms with Crippen molar-refractivity contribution in [2.75, 3.05) is 27.2 Å². The topological polar surface area (TPSA) is 44.4 Å². The quantitative estimate of drug-likeness (QED) is 0.738. The normalized spacial score (nSPS) is 11.9. The molecular weight excluding hydrogens is 238 g/mol. The highest BCUT2D eigenvalue weighted by Crippen LogP contribution is 2.04. The van der Waals surface area contributed by atoms with Crippen molar-refractivity contribution in [3.05, 3.63) is 35.9 Å². The van der Waals surface area contributed by atoms with Crippen LogP contribution in [0, 0.1) is 0 Å². The van der Waals surface area contributed by atoms with Gasteiger partial charge in [-0.05, 0) is 25.3 Å². The first-order chi connectivity index (χ1) is 9.09. The molecule has 0 saturated carbocycles. The predicted molar refractivity (Wildman–Crippen MR) is 79.3 cm³/mol. The van der Waals surface area contributed by atoms with Gasteiger partial charge in [0.1, 0.15) is 0 Å². The van der Waals surface area contributed by atoms with Gasteiger partial charge in [-0.2, -0.15) is 0 Å². The molecule has 0 aliphatic rings. The van der Waals surface area contributed by atoms with Gasteiger partial charge in [0, 0.05) is 33.2 Å². The minimum atomic E-state index is -0.0428. The molecule has 1 rings (SSSR count). The van der Waals surface area contributed by atoms with E-state index in [9.17, 15) is 4.79 Å². The van der Waals surface area contributed by atoms with E-state index in [0.717, 1.165) is 19.4 Å². The summed E-state index contributed by atoms with van der Waals surface area (Å²) in [5.41, 5.74) is 1.37. The zero-order chi connectivity index (χ0) is 14.1. The van der Waals surface area contributed by atoms with Crippen LogP contribution in [0.1, 0.15) is 18.9 Å². The van der Waals surface area contributed by atoms with Crippen molar-refractivity contribution >= 4 is 6.03 Å². The Morgan fingerprint density at radius 3 is 2.53 bits per heavy atom. The second kappa shape index (κ2) is 8.53. The minimum absolute atomic E-state index is 0.0428. The molecule has 4 nitrogen and oxygen atoms in total. The van der Waals surface area contributed by atoms with Gasteiger partial charge < -0.3 is 15.5 Å². The Balaban J connectivity index is 2.08. The lowest BCUT2D eigenvalue weighted by Crippen LogP contribution is -2.40. The summed E-state index contributed by atoms with van der Waals surface area (Å²) in [6.07, 6.45) is 2.19.